The second kappa shape index (κ2) is 6.39. The summed E-state index contributed by atoms with van der Waals surface area (Å²) in [6.45, 7) is 3.78. The van der Waals surface area contributed by atoms with Crippen molar-refractivity contribution in [2.24, 2.45) is 0 Å². The summed E-state index contributed by atoms with van der Waals surface area (Å²) in [7, 11) is 3.27. The molecule has 1 heterocycles. The minimum absolute atomic E-state index is 0.132. The zero-order chi connectivity index (χ0) is 13.7. The zero-order valence-corrected chi connectivity index (χ0v) is 11.7. The van der Waals surface area contributed by atoms with Crippen LogP contribution in [0, 0.1) is 6.92 Å². The fraction of sp³-hybridized carbons (Fsp3) is 0.600. The third-order valence-electron chi connectivity index (χ3n) is 1.94. The highest BCUT2D eigenvalue weighted by Crippen LogP contribution is 2.14. The Balaban J connectivity index is 2.67. The van der Waals surface area contributed by atoms with Gasteiger partial charge in [0.2, 0.25) is 5.16 Å². The molecule has 0 radical (unpaired) electrons. The molecule has 0 atom stereocenters. The van der Waals surface area contributed by atoms with Crippen molar-refractivity contribution >= 4 is 23.8 Å². The molecule has 0 aliphatic carbocycles. The van der Waals surface area contributed by atoms with Gasteiger partial charge in [0.05, 0.1) is 12.4 Å². The van der Waals surface area contributed by atoms with Gasteiger partial charge in [0, 0.05) is 14.1 Å². The Morgan fingerprint density at radius 3 is 2.67 bits per heavy atom. The first-order valence-electron chi connectivity index (χ1n) is 5.39. The highest BCUT2D eigenvalue weighted by molar-refractivity contribution is 7.99. The van der Waals surface area contributed by atoms with Crippen molar-refractivity contribution in [2.75, 3.05) is 26.5 Å². The van der Waals surface area contributed by atoms with Crippen LogP contribution in [0.5, 0.6) is 0 Å². The SMILES string of the molecule is CCOC(=O)CSc1nc(C)n(C(=O)N(C)C)n1. The van der Waals surface area contributed by atoms with Crippen molar-refractivity contribution in [1.29, 1.82) is 0 Å². The van der Waals surface area contributed by atoms with Gasteiger partial charge in [-0.25, -0.2) is 9.78 Å². The van der Waals surface area contributed by atoms with E-state index in [1.54, 1.807) is 27.9 Å². The Morgan fingerprint density at radius 1 is 1.44 bits per heavy atom. The number of hydrogen-bond acceptors (Lipinski definition) is 6. The van der Waals surface area contributed by atoms with E-state index in [2.05, 4.69) is 10.1 Å². The average Bonchev–Trinajstić information content (AvgIpc) is 2.67. The molecule has 100 valence electrons. The Bertz CT molecular complexity index is 444. The highest BCUT2D eigenvalue weighted by atomic mass is 32.2. The maximum atomic E-state index is 11.7. The van der Waals surface area contributed by atoms with Gasteiger partial charge in [-0.05, 0) is 13.8 Å². The van der Waals surface area contributed by atoms with E-state index in [9.17, 15) is 9.59 Å². The quantitative estimate of drug-likeness (QED) is 0.595. The molecule has 0 unspecified atom stereocenters. The van der Waals surface area contributed by atoms with Crippen molar-refractivity contribution in [2.45, 2.75) is 19.0 Å². The molecule has 0 bridgehead atoms. The third-order valence-corrected chi connectivity index (χ3v) is 2.75. The summed E-state index contributed by atoms with van der Waals surface area (Å²) < 4.78 is 5.99. The average molecular weight is 272 g/mol. The lowest BCUT2D eigenvalue weighted by Gasteiger charge is -2.09. The Morgan fingerprint density at radius 2 is 2.11 bits per heavy atom. The monoisotopic (exact) mass is 272 g/mol. The molecule has 0 fully saturated rings. The van der Waals surface area contributed by atoms with Crippen molar-refractivity contribution in [1.82, 2.24) is 19.7 Å². The number of aromatic nitrogens is 3. The van der Waals surface area contributed by atoms with Gasteiger partial charge in [-0.15, -0.1) is 5.10 Å². The Hall–Kier alpha value is -1.57. The number of aryl methyl sites for hydroxylation is 1. The lowest BCUT2D eigenvalue weighted by molar-refractivity contribution is -0.139. The smallest absolute Gasteiger partial charge is 0.345 e. The van der Waals surface area contributed by atoms with Gasteiger partial charge in [-0.2, -0.15) is 4.68 Å². The molecule has 0 N–H and O–H groups in total. The van der Waals surface area contributed by atoms with Crippen LogP contribution in [0.4, 0.5) is 4.79 Å². The van der Waals surface area contributed by atoms with Crippen LogP contribution in [0.1, 0.15) is 12.7 Å². The minimum Gasteiger partial charge on any atom is -0.465 e. The lowest BCUT2D eigenvalue weighted by Crippen LogP contribution is -2.29. The summed E-state index contributed by atoms with van der Waals surface area (Å²) in [6, 6.07) is -0.275. The molecule has 0 aromatic carbocycles. The van der Waals surface area contributed by atoms with Gasteiger partial charge in [-0.1, -0.05) is 11.8 Å². The first kappa shape index (κ1) is 14.5. The molecule has 7 nitrogen and oxygen atoms in total. The molecule has 0 aliphatic rings. The number of esters is 1. The summed E-state index contributed by atoms with van der Waals surface area (Å²) in [6.07, 6.45) is 0. The normalized spacial score (nSPS) is 10.2. The van der Waals surface area contributed by atoms with Crippen LogP contribution in [0.3, 0.4) is 0 Å². The first-order valence-corrected chi connectivity index (χ1v) is 6.38. The van der Waals surface area contributed by atoms with E-state index in [4.69, 9.17) is 4.74 Å². The molecule has 18 heavy (non-hydrogen) atoms. The number of amides is 1. The van der Waals surface area contributed by atoms with E-state index in [1.165, 1.54) is 9.58 Å². The molecule has 8 heteroatoms. The molecule has 0 spiro atoms. The fourth-order valence-corrected chi connectivity index (χ4v) is 1.79. The van der Waals surface area contributed by atoms with Crippen LogP contribution in [0.25, 0.3) is 0 Å². The van der Waals surface area contributed by atoms with Gasteiger partial charge in [0.1, 0.15) is 5.82 Å². The number of hydrogen-bond donors (Lipinski definition) is 0. The second-order valence-electron chi connectivity index (χ2n) is 3.62. The molecule has 0 saturated carbocycles. The highest BCUT2D eigenvalue weighted by Gasteiger charge is 2.15. The largest absolute Gasteiger partial charge is 0.465 e. The summed E-state index contributed by atoms with van der Waals surface area (Å²) in [5.41, 5.74) is 0. The summed E-state index contributed by atoms with van der Waals surface area (Å²) >= 11 is 1.14. The first-order chi connectivity index (χ1) is 8.45. The summed E-state index contributed by atoms with van der Waals surface area (Å²) in [5.74, 6) is 0.295. The maximum absolute atomic E-state index is 11.7. The molecule has 1 rings (SSSR count). The topological polar surface area (TPSA) is 77.3 Å². The minimum atomic E-state index is -0.324. The third kappa shape index (κ3) is 3.73. The van der Waals surface area contributed by atoms with E-state index in [0.29, 0.717) is 17.6 Å². The number of nitrogens with zero attached hydrogens (tertiary/aromatic N) is 4. The van der Waals surface area contributed by atoms with Gasteiger partial charge in [0.15, 0.2) is 0 Å². The Labute approximate surface area is 109 Å². The van der Waals surface area contributed by atoms with Crippen molar-refractivity contribution in [3.63, 3.8) is 0 Å². The van der Waals surface area contributed by atoms with E-state index < -0.39 is 0 Å². The van der Waals surface area contributed by atoms with Gasteiger partial charge < -0.3 is 9.64 Å². The van der Waals surface area contributed by atoms with Gasteiger partial charge in [-0.3, -0.25) is 4.79 Å². The van der Waals surface area contributed by atoms with Crippen LogP contribution >= 0.6 is 11.8 Å². The fourth-order valence-electron chi connectivity index (χ4n) is 1.12. The van der Waals surface area contributed by atoms with E-state index in [-0.39, 0.29) is 17.8 Å². The molecular formula is C10H16N4O3S. The number of carbonyl (C=O) groups is 2. The number of thioether (sulfide) groups is 1. The predicted octanol–water partition coefficient (Wildman–Crippen LogP) is 0.771. The molecule has 1 aromatic rings. The maximum Gasteiger partial charge on any atom is 0.345 e. The number of rotatable bonds is 4. The summed E-state index contributed by atoms with van der Waals surface area (Å²) in [4.78, 5) is 28.4. The van der Waals surface area contributed by atoms with Crippen LogP contribution in [0.15, 0.2) is 5.16 Å². The van der Waals surface area contributed by atoms with Crippen molar-refractivity contribution in [3.8, 4) is 0 Å². The van der Waals surface area contributed by atoms with E-state index >= 15 is 0 Å². The van der Waals surface area contributed by atoms with Crippen LogP contribution in [-0.2, 0) is 9.53 Å². The predicted molar refractivity (Wildman–Crippen MR) is 66.6 cm³/mol. The standard InChI is InChI=1S/C10H16N4O3S/c1-5-17-8(15)6-18-9-11-7(2)14(12-9)10(16)13(3)4/h5-6H2,1-4H3. The summed E-state index contributed by atoms with van der Waals surface area (Å²) in [5, 5.41) is 4.42. The van der Waals surface area contributed by atoms with Crippen LogP contribution in [0.2, 0.25) is 0 Å². The number of carbonyl (C=O) groups excluding carboxylic acids is 2. The zero-order valence-electron chi connectivity index (χ0n) is 10.8. The molecule has 1 aromatic heterocycles. The van der Waals surface area contributed by atoms with Crippen LogP contribution < -0.4 is 0 Å². The number of ether oxygens (including phenoxy) is 1. The van der Waals surface area contributed by atoms with Crippen molar-refractivity contribution < 1.29 is 14.3 Å². The van der Waals surface area contributed by atoms with Crippen molar-refractivity contribution in [3.05, 3.63) is 5.82 Å². The van der Waals surface area contributed by atoms with E-state index in [0.717, 1.165) is 11.8 Å². The van der Waals surface area contributed by atoms with Gasteiger partial charge >= 0.3 is 12.0 Å². The Kier molecular flexibility index (Phi) is 5.14. The van der Waals surface area contributed by atoms with E-state index in [1.807, 2.05) is 0 Å². The van der Waals surface area contributed by atoms with Gasteiger partial charge in [0.25, 0.3) is 0 Å². The second-order valence-corrected chi connectivity index (χ2v) is 4.57. The molecule has 0 aliphatic heterocycles. The molecule has 0 saturated heterocycles. The molecule has 1 amide bonds. The molecular weight excluding hydrogens is 256 g/mol. The van der Waals surface area contributed by atoms with Crippen LogP contribution in [-0.4, -0.2) is 58.1 Å². The lowest BCUT2D eigenvalue weighted by atomic mass is 10.7.